The summed E-state index contributed by atoms with van der Waals surface area (Å²) in [7, 11) is 0. The molecule has 4 aromatic carbocycles. The molecule has 0 aliphatic carbocycles. The molecule has 5 aromatic rings. The topological polar surface area (TPSA) is 17.0 Å². The summed E-state index contributed by atoms with van der Waals surface area (Å²) in [5.41, 5.74) is 8.39. The van der Waals surface area contributed by atoms with Crippen molar-refractivity contribution >= 4 is 33.2 Å². The van der Waals surface area contributed by atoms with Gasteiger partial charge in [-0.15, -0.1) is 0 Å². The maximum atomic E-state index is 3.54. The van der Waals surface area contributed by atoms with Gasteiger partial charge in [0.1, 0.15) is 0 Å². The Hall–Kier alpha value is -3.52. The molecule has 136 valence electrons. The summed E-state index contributed by atoms with van der Waals surface area (Å²) < 4.78 is 2.35. The third-order valence-corrected chi connectivity index (χ3v) is 5.28. The molecule has 0 atom stereocenters. The molecule has 0 fully saturated rings. The Morgan fingerprint density at radius 2 is 1.18 bits per heavy atom. The number of hydrogen-bond donors (Lipinski definition) is 1. The first kappa shape index (κ1) is 16.6. The summed E-state index contributed by atoms with van der Waals surface area (Å²) in [6, 6.07) is 32.4. The molecule has 5 rings (SSSR count). The van der Waals surface area contributed by atoms with E-state index >= 15 is 0 Å². The summed E-state index contributed by atoms with van der Waals surface area (Å²) in [6.07, 6.45) is 0. The zero-order valence-corrected chi connectivity index (χ0v) is 16.1. The average molecular weight is 362 g/mol. The summed E-state index contributed by atoms with van der Waals surface area (Å²) in [4.78, 5) is 0. The fourth-order valence-corrected chi connectivity index (χ4v) is 3.87. The van der Waals surface area contributed by atoms with E-state index in [0.29, 0.717) is 0 Å². The lowest BCUT2D eigenvalue weighted by Crippen LogP contribution is -1.94. The highest BCUT2D eigenvalue weighted by Gasteiger charge is 2.13. The van der Waals surface area contributed by atoms with E-state index in [1.54, 1.807) is 0 Å². The van der Waals surface area contributed by atoms with Gasteiger partial charge in [0.25, 0.3) is 0 Å². The van der Waals surface area contributed by atoms with Gasteiger partial charge < -0.3 is 9.88 Å². The van der Waals surface area contributed by atoms with Gasteiger partial charge in [-0.1, -0.05) is 47.5 Å². The quantitative estimate of drug-likeness (QED) is 0.361. The second-order valence-electron chi connectivity index (χ2n) is 7.41. The molecular formula is C26H22N2. The van der Waals surface area contributed by atoms with Crippen LogP contribution in [-0.4, -0.2) is 4.57 Å². The minimum atomic E-state index is 1.10. The second kappa shape index (κ2) is 6.58. The Morgan fingerprint density at radius 3 is 1.93 bits per heavy atom. The van der Waals surface area contributed by atoms with Crippen LogP contribution in [0.4, 0.5) is 11.4 Å². The average Bonchev–Trinajstić information content (AvgIpc) is 3.03. The number of fused-ring (bicyclic) bond motifs is 3. The normalized spacial score (nSPS) is 11.2. The van der Waals surface area contributed by atoms with E-state index in [4.69, 9.17) is 0 Å². The standard InChI is InChI=1S/C26H22N2/c1-18-8-11-20(12-9-18)27-21-13-15-26-24(17-21)23-16-19(2)10-14-25(23)28(26)22-6-4-3-5-7-22/h3-17,27H,1-2H3. The highest BCUT2D eigenvalue weighted by Crippen LogP contribution is 2.34. The van der Waals surface area contributed by atoms with Crippen LogP contribution in [0.2, 0.25) is 0 Å². The van der Waals surface area contributed by atoms with E-state index < -0.39 is 0 Å². The van der Waals surface area contributed by atoms with Gasteiger partial charge in [-0.25, -0.2) is 0 Å². The molecule has 0 amide bonds. The number of rotatable bonds is 3. The van der Waals surface area contributed by atoms with Crippen molar-refractivity contribution in [2.24, 2.45) is 0 Å². The Bertz CT molecular complexity index is 1280. The predicted molar refractivity (Wildman–Crippen MR) is 120 cm³/mol. The molecule has 2 heteroatoms. The summed E-state index contributed by atoms with van der Waals surface area (Å²) >= 11 is 0. The van der Waals surface area contributed by atoms with Gasteiger partial charge in [-0.05, 0) is 68.4 Å². The van der Waals surface area contributed by atoms with Gasteiger partial charge in [-0.2, -0.15) is 0 Å². The van der Waals surface area contributed by atoms with Crippen molar-refractivity contribution in [3.8, 4) is 5.69 Å². The second-order valence-corrected chi connectivity index (χ2v) is 7.41. The van der Waals surface area contributed by atoms with Crippen molar-refractivity contribution in [3.05, 3.63) is 102 Å². The van der Waals surface area contributed by atoms with Crippen molar-refractivity contribution in [3.63, 3.8) is 0 Å². The molecule has 2 nitrogen and oxygen atoms in total. The van der Waals surface area contributed by atoms with Gasteiger partial charge in [0.15, 0.2) is 0 Å². The van der Waals surface area contributed by atoms with Gasteiger partial charge in [-0.3, -0.25) is 0 Å². The molecule has 0 saturated carbocycles. The Morgan fingerprint density at radius 1 is 0.571 bits per heavy atom. The Kier molecular flexibility index (Phi) is 3.91. The molecule has 0 aliphatic rings. The highest BCUT2D eigenvalue weighted by molar-refractivity contribution is 6.10. The van der Waals surface area contributed by atoms with E-state index in [9.17, 15) is 0 Å². The molecule has 0 aliphatic heterocycles. The van der Waals surface area contributed by atoms with E-state index in [1.165, 1.54) is 38.6 Å². The summed E-state index contributed by atoms with van der Waals surface area (Å²) in [5.74, 6) is 0. The largest absolute Gasteiger partial charge is 0.356 e. The number of anilines is 2. The summed E-state index contributed by atoms with van der Waals surface area (Å²) in [5, 5.41) is 6.09. The molecule has 1 aromatic heterocycles. The fourth-order valence-electron chi connectivity index (χ4n) is 3.87. The van der Waals surface area contributed by atoms with E-state index in [1.807, 2.05) is 0 Å². The lowest BCUT2D eigenvalue weighted by molar-refractivity contribution is 1.18. The molecule has 0 bridgehead atoms. The van der Waals surface area contributed by atoms with Gasteiger partial charge in [0.05, 0.1) is 11.0 Å². The zero-order valence-electron chi connectivity index (χ0n) is 16.1. The molecule has 0 radical (unpaired) electrons. The predicted octanol–water partition coefficient (Wildman–Crippen LogP) is 7.14. The first-order valence-electron chi connectivity index (χ1n) is 9.63. The third kappa shape index (κ3) is 2.84. The minimum Gasteiger partial charge on any atom is -0.356 e. The minimum absolute atomic E-state index is 1.10. The number of aromatic nitrogens is 1. The smallest absolute Gasteiger partial charge is 0.0542 e. The van der Waals surface area contributed by atoms with E-state index in [-0.39, 0.29) is 0 Å². The number of nitrogens with one attached hydrogen (secondary N) is 1. The fraction of sp³-hybridized carbons (Fsp3) is 0.0769. The number of para-hydroxylation sites is 1. The molecule has 1 N–H and O–H groups in total. The van der Waals surface area contributed by atoms with E-state index in [2.05, 4.69) is 115 Å². The van der Waals surface area contributed by atoms with Crippen molar-refractivity contribution in [2.75, 3.05) is 5.32 Å². The third-order valence-electron chi connectivity index (χ3n) is 5.28. The lowest BCUT2D eigenvalue weighted by atomic mass is 10.1. The SMILES string of the molecule is Cc1ccc(Nc2ccc3c(c2)c2cc(C)ccc2n3-c2ccccc2)cc1. The zero-order chi connectivity index (χ0) is 19.1. The molecule has 0 saturated heterocycles. The van der Waals surface area contributed by atoms with Crippen LogP contribution in [0.3, 0.4) is 0 Å². The molecule has 0 unspecified atom stereocenters. The number of benzene rings is 4. The van der Waals surface area contributed by atoms with Crippen molar-refractivity contribution in [1.82, 2.24) is 4.57 Å². The summed E-state index contributed by atoms with van der Waals surface area (Å²) in [6.45, 7) is 4.26. The molecule has 0 spiro atoms. The maximum absolute atomic E-state index is 3.54. The van der Waals surface area contributed by atoms with Crippen LogP contribution in [-0.2, 0) is 0 Å². The lowest BCUT2D eigenvalue weighted by Gasteiger charge is -2.09. The maximum Gasteiger partial charge on any atom is 0.0542 e. The molecule has 1 heterocycles. The highest BCUT2D eigenvalue weighted by atomic mass is 15.0. The monoisotopic (exact) mass is 362 g/mol. The van der Waals surface area contributed by atoms with Crippen LogP contribution in [0.15, 0.2) is 91.0 Å². The Labute approximate surface area is 165 Å². The Balaban J connectivity index is 1.71. The van der Waals surface area contributed by atoms with Crippen LogP contribution in [0.5, 0.6) is 0 Å². The first-order valence-corrected chi connectivity index (χ1v) is 9.63. The van der Waals surface area contributed by atoms with E-state index in [0.717, 1.165) is 11.4 Å². The van der Waals surface area contributed by atoms with Crippen LogP contribution >= 0.6 is 0 Å². The number of aryl methyl sites for hydroxylation is 2. The van der Waals surface area contributed by atoms with Crippen LogP contribution < -0.4 is 5.32 Å². The van der Waals surface area contributed by atoms with Crippen LogP contribution in [0, 0.1) is 13.8 Å². The van der Waals surface area contributed by atoms with Gasteiger partial charge >= 0.3 is 0 Å². The number of nitrogens with zero attached hydrogens (tertiary/aromatic N) is 1. The first-order chi connectivity index (χ1) is 13.7. The van der Waals surface area contributed by atoms with Gasteiger partial charge in [0, 0.05) is 27.8 Å². The molecular weight excluding hydrogens is 340 g/mol. The molecule has 28 heavy (non-hydrogen) atoms. The van der Waals surface area contributed by atoms with Crippen molar-refractivity contribution < 1.29 is 0 Å². The van der Waals surface area contributed by atoms with Gasteiger partial charge in [0.2, 0.25) is 0 Å². The number of hydrogen-bond acceptors (Lipinski definition) is 1. The van der Waals surface area contributed by atoms with Crippen molar-refractivity contribution in [2.45, 2.75) is 13.8 Å². The van der Waals surface area contributed by atoms with Crippen LogP contribution in [0.1, 0.15) is 11.1 Å². The van der Waals surface area contributed by atoms with Crippen molar-refractivity contribution in [1.29, 1.82) is 0 Å². The van der Waals surface area contributed by atoms with Crippen LogP contribution in [0.25, 0.3) is 27.5 Å².